The predicted octanol–water partition coefficient (Wildman–Crippen LogP) is 3.45. The number of hydrogen-bond donors (Lipinski definition) is 1. The van der Waals surface area contributed by atoms with Crippen LogP contribution in [-0.4, -0.2) is 9.78 Å². The first-order chi connectivity index (χ1) is 9.06. The van der Waals surface area contributed by atoms with E-state index in [1.807, 2.05) is 30.1 Å². The minimum atomic E-state index is -0.196. The Morgan fingerprint density at radius 2 is 2.11 bits per heavy atom. The average Bonchev–Trinajstić information content (AvgIpc) is 2.85. The van der Waals surface area contributed by atoms with Crippen LogP contribution < -0.4 is 5.32 Å². The zero-order valence-corrected chi connectivity index (χ0v) is 11.6. The van der Waals surface area contributed by atoms with Crippen molar-refractivity contribution in [2.45, 2.75) is 39.4 Å². The monoisotopic (exact) mass is 261 g/mol. The lowest BCUT2D eigenvalue weighted by molar-refractivity contribution is 0.530. The molecular formula is C15H20FN3. The number of aromatic nitrogens is 2. The highest BCUT2D eigenvalue weighted by molar-refractivity contribution is 5.19. The Bertz CT molecular complexity index is 534. The van der Waals surface area contributed by atoms with Crippen LogP contribution in [0.25, 0.3) is 0 Å². The van der Waals surface area contributed by atoms with Crippen molar-refractivity contribution < 1.29 is 4.39 Å². The average molecular weight is 261 g/mol. The highest BCUT2D eigenvalue weighted by Gasteiger charge is 2.07. The first-order valence-electron chi connectivity index (χ1n) is 6.58. The summed E-state index contributed by atoms with van der Waals surface area (Å²) in [4.78, 5) is 0. The van der Waals surface area contributed by atoms with Crippen LogP contribution in [0.3, 0.4) is 0 Å². The van der Waals surface area contributed by atoms with Gasteiger partial charge in [-0.25, -0.2) is 4.39 Å². The molecule has 0 radical (unpaired) electrons. The van der Waals surface area contributed by atoms with Gasteiger partial charge in [0.2, 0.25) is 0 Å². The van der Waals surface area contributed by atoms with Gasteiger partial charge in [0.05, 0.1) is 6.20 Å². The fourth-order valence-electron chi connectivity index (χ4n) is 1.92. The zero-order chi connectivity index (χ0) is 13.8. The largest absolute Gasteiger partial charge is 0.306 e. The van der Waals surface area contributed by atoms with Gasteiger partial charge in [-0.3, -0.25) is 4.68 Å². The fourth-order valence-corrected chi connectivity index (χ4v) is 1.92. The fraction of sp³-hybridized carbons (Fsp3) is 0.400. The van der Waals surface area contributed by atoms with E-state index in [0.717, 1.165) is 17.7 Å². The first kappa shape index (κ1) is 13.7. The maximum Gasteiger partial charge on any atom is 0.123 e. The molecule has 19 heavy (non-hydrogen) atoms. The van der Waals surface area contributed by atoms with E-state index in [1.165, 1.54) is 6.07 Å². The van der Waals surface area contributed by atoms with E-state index in [4.69, 9.17) is 0 Å². The summed E-state index contributed by atoms with van der Waals surface area (Å²) in [7, 11) is 0. The Kier molecular flexibility index (Phi) is 4.32. The Morgan fingerprint density at radius 1 is 1.32 bits per heavy atom. The lowest BCUT2D eigenvalue weighted by Gasteiger charge is -2.13. The number of benzene rings is 1. The lowest BCUT2D eigenvalue weighted by Crippen LogP contribution is -2.17. The number of nitrogens with zero attached hydrogens (tertiary/aromatic N) is 2. The van der Waals surface area contributed by atoms with Crippen molar-refractivity contribution in [3.63, 3.8) is 0 Å². The Hall–Kier alpha value is -1.68. The molecule has 4 heteroatoms. The molecule has 0 unspecified atom stereocenters. The van der Waals surface area contributed by atoms with Gasteiger partial charge in [0.15, 0.2) is 0 Å². The highest BCUT2D eigenvalue weighted by Crippen LogP contribution is 2.14. The minimum absolute atomic E-state index is 0.109. The third-order valence-electron chi connectivity index (χ3n) is 3.15. The van der Waals surface area contributed by atoms with Gasteiger partial charge in [-0.2, -0.15) is 5.10 Å². The molecule has 0 aliphatic rings. The van der Waals surface area contributed by atoms with Crippen molar-refractivity contribution >= 4 is 0 Å². The molecule has 0 amide bonds. The number of halogens is 1. The Labute approximate surface area is 113 Å². The van der Waals surface area contributed by atoms with E-state index in [9.17, 15) is 4.39 Å². The van der Waals surface area contributed by atoms with Gasteiger partial charge >= 0.3 is 0 Å². The summed E-state index contributed by atoms with van der Waals surface area (Å²) in [6, 6.07) is 7.17. The molecule has 0 bridgehead atoms. The summed E-state index contributed by atoms with van der Waals surface area (Å²) in [6.07, 6.45) is 3.90. The third-order valence-corrected chi connectivity index (χ3v) is 3.15. The second-order valence-corrected chi connectivity index (χ2v) is 5.08. The van der Waals surface area contributed by atoms with E-state index < -0.39 is 0 Å². The third kappa shape index (κ3) is 3.64. The second kappa shape index (κ2) is 5.97. The van der Waals surface area contributed by atoms with Crippen LogP contribution in [0, 0.1) is 5.82 Å². The molecule has 0 spiro atoms. The smallest absolute Gasteiger partial charge is 0.123 e. The van der Waals surface area contributed by atoms with Crippen molar-refractivity contribution in [2.24, 2.45) is 0 Å². The molecule has 0 aliphatic heterocycles. The summed E-state index contributed by atoms with van der Waals surface area (Å²) in [5.74, 6) is -0.196. The van der Waals surface area contributed by atoms with Crippen LogP contribution in [0.4, 0.5) is 4.39 Å². The Morgan fingerprint density at radius 3 is 2.74 bits per heavy atom. The molecule has 1 atom stereocenters. The predicted molar refractivity (Wildman–Crippen MR) is 74.3 cm³/mol. The standard InChI is InChI=1S/C15H20FN3/c1-11(2)19-10-13(9-18-19)8-17-12(3)14-5-4-6-15(16)7-14/h4-7,9-12,17H,8H2,1-3H3/t12-/m0/s1. The SMILES string of the molecule is CC(C)n1cc(CN[C@@H](C)c2cccc(F)c2)cn1. The quantitative estimate of drug-likeness (QED) is 0.893. The summed E-state index contributed by atoms with van der Waals surface area (Å²) in [5, 5.41) is 7.67. The molecule has 2 aromatic rings. The molecular weight excluding hydrogens is 241 g/mol. The molecule has 3 nitrogen and oxygen atoms in total. The van der Waals surface area contributed by atoms with Gasteiger partial charge in [-0.05, 0) is 38.5 Å². The second-order valence-electron chi connectivity index (χ2n) is 5.08. The molecule has 1 aromatic carbocycles. The molecule has 0 saturated carbocycles. The zero-order valence-electron chi connectivity index (χ0n) is 11.6. The van der Waals surface area contributed by atoms with E-state index in [2.05, 4.69) is 24.3 Å². The van der Waals surface area contributed by atoms with E-state index in [-0.39, 0.29) is 11.9 Å². The van der Waals surface area contributed by atoms with Crippen LogP contribution in [-0.2, 0) is 6.54 Å². The molecule has 1 aromatic heterocycles. The van der Waals surface area contributed by atoms with Gasteiger partial charge < -0.3 is 5.32 Å². The van der Waals surface area contributed by atoms with Crippen LogP contribution in [0.15, 0.2) is 36.7 Å². The van der Waals surface area contributed by atoms with Crippen LogP contribution in [0.5, 0.6) is 0 Å². The van der Waals surface area contributed by atoms with Crippen molar-refractivity contribution in [3.05, 3.63) is 53.6 Å². The molecule has 2 rings (SSSR count). The molecule has 1 N–H and O–H groups in total. The van der Waals surface area contributed by atoms with Crippen molar-refractivity contribution in [3.8, 4) is 0 Å². The van der Waals surface area contributed by atoms with Gasteiger partial charge in [0.1, 0.15) is 5.82 Å². The number of nitrogens with one attached hydrogen (secondary N) is 1. The van der Waals surface area contributed by atoms with Crippen LogP contribution in [0.2, 0.25) is 0 Å². The lowest BCUT2D eigenvalue weighted by atomic mass is 10.1. The van der Waals surface area contributed by atoms with Gasteiger partial charge in [0.25, 0.3) is 0 Å². The maximum atomic E-state index is 13.1. The molecule has 0 aliphatic carbocycles. The molecule has 102 valence electrons. The normalized spacial score (nSPS) is 12.9. The number of hydrogen-bond acceptors (Lipinski definition) is 2. The topological polar surface area (TPSA) is 29.9 Å². The van der Waals surface area contributed by atoms with E-state index in [1.54, 1.807) is 12.1 Å². The summed E-state index contributed by atoms with van der Waals surface area (Å²) < 4.78 is 15.1. The van der Waals surface area contributed by atoms with E-state index >= 15 is 0 Å². The van der Waals surface area contributed by atoms with Gasteiger partial charge in [-0.15, -0.1) is 0 Å². The van der Waals surface area contributed by atoms with Crippen molar-refractivity contribution in [1.29, 1.82) is 0 Å². The minimum Gasteiger partial charge on any atom is -0.306 e. The van der Waals surface area contributed by atoms with Crippen LogP contribution in [0.1, 0.15) is 44.0 Å². The maximum absolute atomic E-state index is 13.1. The molecule has 0 saturated heterocycles. The summed E-state index contributed by atoms with van der Waals surface area (Å²) in [5.41, 5.74) is 2.09. The first-order valence-corrected chi connectivity index (χ1v) is 6.58. The van der Waals surface area contributed by atoms with Crippen LogP contribution >= 0.6 is 0 Å². The van der Waals surface area contributed by atoms with Gasteiger partial charge in [0, 0.05) is 30.4 Å². The Balaban J connectivity index is 1.94. The molecule has 1 heterocycles. The van der Waals surface area contributed by atoms with Gasteiger partial charge in [-0.1, -0.05) is 12.1 Å². The summed E-state index contributed by atoms with van der Waals surface area (Å²) >= 11 is 0. The van der Waals surface area contributed by atoms with E-state index in [0.29, 0.717) is 6.04 Å². The van der Waals surface area contributed by atoms with Crippen molar-refractivity contribution in [1.82, 2.24) is 15.1 Å². The highest BCUT2D eigenvalue weighted by atomic mass is 19.1. The molecule has 0 fully saturated rings. The number of rotatable bonds is 5. The van der Waals surface area contributed by atoms with Crippen molar-refractivity contribution in [2.75, 3.05) is 0 Å². The summed E-state index contributed by atoms with van der Waals surface area (Å²) in [6.45, 7) is 6.95.